The van der Waals surface area contributed by atoms with Gasteiger partial charge >= 0.3 is 0 Å². The van der Waals surface area contributed by atoms with Gasteiger partial charge in [-0.25, -0.2) is 4.98 Å². The number of methoxy groups -OCH3 is 1. The third kappa shape index (κ3) is 24.1. The molecule has 1 amide bonds. The lowest BCUT2D eigenvalue weighted by Crippen LogP contribution is -2.48. The maximum absolute atomic E-state index is 12.5. The van der Waals surface area contributed by atoms with Gasteiger partial charge in [0.1, 0.15) is 23.4 Å². The Hall–Kier alpha value is -3.93. The number of amides is 1. The number of nitrogens with two attached hydrogens (primary N) is 2. The lowest BCUT2D eigenvalue weighted by Gasteiger charge is -2.36. The van der Waals surface area contributed by atoms with Crippen LogP contribution >= 0.6 is 0 Å². The van der Waals surface area contributed by atoms with Gasteiger partial charge in [0, 0.05) is 69.1 Å². The number of ether oxygens (including phenoxy) is 1. The van der Waals surface area contributed by atoms with Crippen molar-refractivity contribution in [3.8, 4) is 5.75 Å². The minimum absolute atomic E-state index is 0.150. The maximum atomic E-state index is 12.5. The van der Waals surface area contributed by atoms with Gasteiger partial charge in [0.05, 0.1) is 13.7 Å². The molecule has 0 spiro atoms. The van der Waals surface area contributed by atoms with E-state index in [1.807, 2.05) is 37.9 Å². The second kappa shape index (κ2) is 36.0. The van der Waals surface area contributed by atoms with E-state index in [1.165, 1.54) is 89.9 Å². The standard InChI is InChI=1S/C27H43N9O2.C18H36O.C2H6/c1-4-5-12-32-26-25(28)22(33-27(29)34-26)19-31-18-20-9-10-21(17-23(20)38-3)35-13-15-36(16-14-35)24(37)8-6-7-11-30-2;1-2-3-4-5-6-7-8-9-10-11-12-13-14-15-16-17-18-19;1-2/h9-10,17,19,30H,4-8,11-16,18,28H2,1-3H3,(H3,29,32,33,34);18H,2-17H2,1H3;1-2H3. The number of hydrogen-bond donors (Lipinski definition) is 4. The molecule has 6 N–H and O–H groups in total. The van der Waals surface area contributed by atoms with E-state index in [0.717, 1.165) is 101 Å². The summed E-state index contributed by atoms with van der Waals surface area (Å²) < 4.78 is 5.67. The first-order valence-electron chi connectivity index (χ1n) is 23.3. The highest BCUT2D eigenvalue weighted by molar-refractivity contribution is 5.89. The number of nitrogens with one attached hydrogen (secondary N) is 2. The van der Waals surface area contributed by atoms with Crippen LogP contribution in [0.15, 0.2) is 23.2 Å². The van der Waals surface area contributed by atoms with Gasteiger partial charge < -0.3 is 41.4 Å². The van der Waals surface area contributed by atoms with Gasteiger partial charge in [-0.15, -0.1) is 0 Å². The predicted octanol–water partition coefficient (Wildman–Crippen LogP) is 9.99. The molecule has 0 saturated carbocycles. The van der Waals surface area contributed by atoms with Crippen molar-refractivity contribution in [1.82, 2.24) is 20.2 Å². The van der Waals surface area contributed by atoms with Crippen LogP contribution in [0.2, 0.25) is 0 Å². The molecule has 1 saturated heterocycles. The Morgan fingerprint density at radius 1 is 0.797 bits per heavy atom. The average molecular weight is 824 g/mol. The third-order valence-corrected chi connectivity index (χ3v) is 10.6. The summed E-state index contributed by atoms with van der Waals surface area (Å²) in [6.07, 6.45) is 28.8. The van der Waals surface area contributed by atoms with Gasteiger partial charge in [0.25, 0.3) is 0 Å². The Balaban J connectivity index is 0.000000700. The quantitative estimate of drug-likeness (QED) is 0.0339. The van der Waals surface area contributed by atoms with Gasteiger partial charge in [-0.2, -0.15) is 4.98 Å². The smallest absolute Gasteiger partial charge is 0.222 e. The highest BCUT2D eigenvalue weighted by Crippen LogP contribution is 2.28. The number of carbonyl (C=O) groups excluding carboxylic acids is 2. The molecular weight excluding hydrogens is 739 g/mol. The molecule has 1 aliphatic rings. The number of carbonyl (C=O) groups is 2. The third-order valence-electron chi connectivity index (χ3n) is 10.6. The van der Waals surface area contributed by atoms with Gasteiger partial charge in [0.2, 0.25) is 11.9 Å². The van der Waals surface area contributed by atoms with Crippen LogP contribution in [-0.2, 0) is 16.1 Å². The monoisotopic (exact) mass is 824 g/mol. The number of unbranched alkanes of at least 4 members (excludes halogenated alkanes) is 17. The van der Waals surface area contributed by atoms with Crippen molar-refractivity contribution in [3.05, 3.63) is 29.5 Å². The summed E-state index contributed by atoms with van der Waals surface area (Å²) in [5, 5.41) is 6.34. The second-order valence-corrected chi connectivity index (χ2v) is 15.3. The van der Waals surface area contributed by atoms with Crippen molar-refractivity contribution in [1.29, 1.82) is 0 Å². The first-order chi connectivity index (χ1) is 28.9. The van der Waals surface area contributed by atoms with Crippen LogP contribution in [-0.4, -0.2) is 86.7 Å². The topological polar surface area (TPSA) is 164 Å². The second-order valence-electron chi connectivity index (χ2n) is 15.3. The van der Waals surface area contributed by atoms with Crippen LogP contribution in [0.4, 0.5) is 23.1 Å². The number of benzene rings is 1. The van der Waals surface area contributed by atoms with E-state index in [4.69, 9.17) is 16.2 Å². The van der Waals surface area contributed by atoms with Crippen LogP contribution < -0.4 is 31.7 Å². The van der Waals surface area contributed by atoms with Crippen molar-refractivity contribution in [2.45, 2.75) is 169 Å². The largest absolute Gasteiger partial charge is 0.496 e. The molecule has 2 heterocycles. The summed E-state index contributed by atoms with van der Waals surface area (Å²) in [6, 6.07) is 6.14. The van der Waals surface area contributed by atoms with Crippen LogP contribution in [0, 0.1) is 0 Å². The number of hydrogen-bond acceptors (Lipinski definition) is 11. The van der Waals surface area contributed by atoms with Crippen molar-refractivity contribution in [2.24, 2.45) is 4.99 Å². The van der Waals surface area contributed by atoms with Crippen molar-refractivity contribution >= 4 is 41.5 Å². The molecule has 0 aliphatic carbocycles. The van der Waals surface area contributed by atoms with E-state index < -0.39 is 0 Å². The zero-order valence-electron chi connectivity index (χ0n) is 38.3. The molecule has 0 unspecified atom stereocenters. The number of rotatable bonds is 30. The zero-order valence-corrected chi connectivity index (χ0v) is 38.3. The average Bonchev–Trinajstić information content (AvgIpc) is 3.26. The van der Waals surface area contributed by atoms with Crippen molar-refractivity contribution in [2.75, 3.05) is 75.1 Å². The Kier molecular flexibility index (Phi) is 32.4. The Labute approximate surface area is 359 Å². The predicted molar refractivity (Wildman–Crippen MR) is 252 cm³/mol. The Bertz CT molecular complexity index is 1380. The van der Waals surface area contributed by atoms with Crippen LogP contribution in [0.3, 0.4) is 0 Å². The summed E-state index contributed by atoms with van der Waals surface area (Å²) in [4.78, 5) is 39.9. The molecule has 1 fully saturated rings. The highest BCUT2D eigenvalue weighted by Gasteiger charge is 2.21. The maximum Gasteiger partial charge on any atom is 0.222 e. The van der Waals surface area contributed by atoms with E-state index >= 15 is 0 Å². The van der Waals surface area contributed by atoms with Crippen LogP contribution in [0.1, 0.15) is 174 Å². The van der Waals surface area contributed by atoms with Crippen LogP contribution in [0.25, 0.3) is 0 Å². The number of piperazine rings is 1. The number of nitrogens with zero attached hydrogens (tertiary/aromatic N) is 5. The summed E-state index contributed by atoms with van der Waals surface area (Å²) in [5.41, 5.74) is 15.1. The molecule has 0 atom stereocenters. The number of aliphatic imine (C=N–C) groups is 1. The fourth-order valence-corrected chi connectivity index (χ4v) is 6.96. The molecular formula is C47H85N9O3. The lowest BCUT2D eigenvalue weighted by molar-refractivity contribution is -0.131. The molecule has 12 nitrogen and oxygen atoms in total. The van der Waals surface area contributed by atoms with Crippen molar-refractivity contribution < 1.29 is 14.3 Å². The van der Waals surface area contributed by atoms with E-state index in [2.05, 4.69) is 50.4 Å². The van der Waals surface area contributed by atoms with Crippen molar-refractivity contribution in [3.63, 3.8) is 0 Å². The lowest BCUT2D eigenvalue weighted by atomic mass is 10.0. The fraction of sp³-hybridized carbons (Fsp3) is 0.723. The molecule has 336 valence electrons. The summed E-state index contributed by atoms with van der Waals surface area (Å²) in [6.45, 7) is 13.6. The summed E-state index contributed by atoms with van der Waals surface area (Å²) in [7, 11) is 3.60. The number of aldehydes is 1. The number of anilines is 4. The van der Waals surface area contributed by atoms with E-state index in [1.54, 1.807) is 13.3 Å². The van der Waals surface area contributed by atoms with E-state index in [-0.39, 0.29) is 11.9 Å². The van der Waals surface area contributed by atoms with Gasteiger partial charge in [-0.3, -0.25) is 9.79 Å². The van der Waals surface area contributed by atoms with Gasteiger partial charge in [0.15, 0.2) is 5.82 Å². The molecule has 1 aromatic carbocycles. The van der Waals surface area contributed by atoms with Gasteiger partial charge in [-0.1, -0.05) is 130 Å². The first kappa shape index (κ1) is 53.1. The Morgan fingerprint density at radius 2 is 1.39 bits per heavy atom. The van der Waals surface area contributed by atoms with E-state index in [9.17, 15) is 9.59 Å². The first-order valence-corrected chi connectivity index (χ1v) is 23.3. The normalized spacial score (nSPS) is 12.4. The highest BCUT2D eigenvalue weighted by atomic mass is 16.5. The fourth-order valence-electron chi connectivity index (χ4n) is 6.96. The summed E-state index contributed by atoms with van der Waals surface area (Å²) in [5.74, 6) is 1.70. The molecule has 0 radical (unpaired) electrons. The number of nitrogen functional groups attached to an aromatic ring is 2. The minimum atomic E-state index is 0.150. The van der Waals surface area contributed by atoms with Gasteiger partial charge in [-0.05, 0) is 45.3 Å². The Morgan fingerprint density at radius 3 is 1.95 bits per heavy atom. The molecule has 12 heteroatoms. The molecule has 59 heavy (non-hydrogen) atoms. The zero-order chi connectivity index (χ0) is 43.4. The SMILES string of the molecule is CC.CCCCCCCCCCCCCCCCCC=O.CCCCNc1nc(N)nc(C=NCc2ccc(N3CCN(C(=O)CCCCNC)CC3)cc2OC)c1N. The molecule has 0 bridgehead atoms. The molecule has 2 aromatic rings. The summed E-state index contributed by atoms with van der Waals surface area (Å²) >= 11 is 0. The minimum Gasteiger partial charge on any atom is -0.496 e. The van der Waals surface area contributed by atoms with E-state index in [0.29, 0.717) is 30.2 Å². The molecule has 1 aromatic heterocycles. The van der Waals surface area contributed by atoms with Crippen LogP contribution in [0.5, 0.6) is 5.75 Å². The number of aromatic nitrogens is 2. The molecule has 3 rings (SSSR count). The molecule has 1 aliphatic heterocycles.